The highest BCUT2D eigenvalue weighted by atomic mass is 35.5. The summed E-state index contributed by atoms with van der Waals surface area (Å²) in [6.45, 7) is 4.01. The lowest BCUT2D eigenvalue weighted by molar-refractivity contribution is -0.153. The average molecular weight is 353 g/mol. The van der Waals surface area contributed by atoms with E-state index in [1.165, 1.54) is 0 Å². The molecule has 1 aromatic carbocycles. The van der Waals surface area contributed by atoms with Crippen molar-refractivity contribution in [2.24, 2.45) is 0 Å². The van der Waals surface area contributed by atoms with E-state index >= 15 is 0 Å². The van der Waals surface area contributed by atoms with Crippen molar-refractivity contribution < 1.29 is 24.1 Å². The zero-order valence-corrected chi connectivity index (χ0v) is 13.7. The number of cyclic esters (lactones) is 1. The molecule has 4 rings (SSSR count). The van der Waals surface area contributed by atoms with Gasteiger partial charge in [-0.1, -0.05) is 17.7 Å². The van der Waals surface area contributed by atoms with E-state index in [-0.39, 0.29) is 11.8 Å². The molecule has 1 atom stereocenters. The van der Waals surface area contributed by atoms with Crippen LogP contribution >= 0.6 is 11.6 Å². The quantitative estimate of drug-likeness (QED) is 0.809. The van der Waals surface area contributed by atoms with Gasteiger partial charge in [0.05, 0.1) is 0 Å². The number of piperazine rings is 1. The van der Waals surface area contributed by atoms with Gasteiger partial charge in [0, 0.05) is 32.7 Å². The van der Waals surface area contributed by atoms with Crippen LogP contribution in [0.4, 0.5) is 0 Å². The van der Waals surface area contributed by atoms with Gasteiger partial charge in [0.15, 0.2) is 16.5 Å². The smallest absolute Gasteiger partial charge is 0.354 e. The molecule has 3 aliphatic rings. The van der Waals surface area contributed by atoms with E-state index < -0.39 is 12.3 Å². The first kappa shape index (κ1) is 15.6. The standard InChI is InChI=1S/C16H17ClN2O5/c17-13-14(16(21)24-15(13)20)19-5-3-18(4-6-19)8-10-1-2-11-12(7-10)23-9-22-11/h1-2,7,16,21H,3-6,8-9H2. The zero-order valence-electron chi connectivity index (χ0n) is 12.9. The number of carbonyl (C=O) groups is 1. The number of halogens is 1. The Morgan fingerprint density at radius 3 is 2.62 bits per heavy atom. The number of benzene rings is 1. The summed E-state index contributed by atoms with van der Waals surface area (Å²) in [4.78, 5) is 15.6. The third kappa shape index (κ3) is 2.79. The van der Waals surface area contributed by atoms with Gasteiger partial charge in [-0.2, -0.15) is 0 Å². The van der Waals surface area contributed by atoms with Crippen molar-refractivity contribution in [3.8, 4) is 11.5 Å². The number of aliphatic hydroxyl groups is 1. The minimum Gasteiger partial charge on any atom is -0.454 e. The molecule has 8 heteroatoms. The van der Waals surface area contributed by atoms with Gasteiger partial charge < -0.3 is 24.2 Å². The van der Waals surface area contributed by atoms with E-state index in [0.29, 0.717) is 18.8 Å². The van der Waals surface area contributed by atoms with Crippen molar-refractivity contribution in [3.05, 3.63) is 34.5 Å². The largest absolute Gasteiger partial charge is 0.454 e. The molecule has 0 radical (unpaired) electrons. The first-order valence-electron chi connectivity index (χ1n) is 7.76. The minimum absolute atomic E-state index is 0.0216. The fraction of sp³-hybridized carbons (Fsp3) is 0.438. The molecule has 1 fully saturated rings. The number of carbonyl (C=O) groups excluding carboxylic acids is 1. The molecule has 0 saturated carbocycles. The Hall–Kier alpha value is -1.96. The van der Waals surface area contributed by atoms with Crippen LogP contribution in [0.15, 0.2) is 28.9 Å². The highest BCUT2D eigenvalue weighted by Crippen LogP contribution is 2.33. The summed E-state index contributed by atoms with van der Waals surface area (Å²) in [6.07, 6.45) is -1.26. The molecular weight excluding hydrogens is 336 g/mol. The highest BCUT2D eigenvalue weighted by molar-refractivity contribution is 6.42. The number of rotatable bonds is 3. The summed E-state index contributed by atoms with van der Waals surface area (Å²) in [5.41, 5.74) is 1.54. The first-order valence-corrected chi connectivity index (χ1v) is 8.14. The normalized spacial score (nSPS) is 23.8. The van der Waals surface area contributed by atoms with Crippen molar-refractivity contribution in [3.63, 3.8) is 0 Å². The number of hydrogen-bond acceptors (Lipinski definition) is 7. The molecule has 0 bridgehead atoms. The molecule has 24 heavy (non-hydrogen) atoms. The topological polar surface area (TPSA) is 71.5 Å². The van der Waals surface area contributed by atoms with Crippen LogP contribution in [0.1, 0.15) is 5.56 Å². The Balaban J connectivity index is 1.37. The second kappa shape index (κ2) is 6.16. The summed E-state index contributed by atoms with van der Waals surface area (Å²) < 4.78 is 15.5. The average Bonchev–Trinajstić information content (AvgIpc) is 3.13. The molecule has 0 spiro atoms. The minimum atomic E-state index is -1.26. The summed E-state index contributed by atoms with van der Waals surface area (Å²) in [5, 5.41) is 9.78. The monoisotopic (exact) mass is 352 g/mol. The lowest BCUT2D eigenvalue weighted by Gasteiger charge is -2.37. The van der Waals surface area contributed by atoms with Crippen molar-refractivity contribution in [1.82, 2.24) is 9.80 Å². The molecule has 0 amide bonds. The summed E-state index contributed by atoms with van der Waals surface area (Å²) in [7, 11) is 0. The maximum absolute atomic E-state index is 11.4. The van der Waals surface area contributed by atoms with E-state index in [2.05, 4.69) is 4.90 Å². The SMILES string of the molecule is O=C1OC(O)C(N2CCN(Cc3ccc4c(c3)OCO4)CC2)=C1Cl. The molecule has 7 nitrogen and oxygen atoms in total. The molecular formula is C16H17ClN2O5. The van der Waals surface area contributed by atoms with Crippen molar-refractivity contribution in [2.45, 2.75) is 12.8 Å². The predicted octanol–water partition coefficient (Wildman–Crippen LogP) is 0.858. The van der Waals surface area contributed by atoms with E-state index in [0.717, 1.165) is 36.7 Å². The van der Waals surface area contributed by atoms with Crippen molar-refractivity contribution in [1.29, 1.82) is 0 Å². The fourth-order valence-electron chi connectivity index (χ4n) is 3.16. The zero-order chi connectivity index (χ0) is 16.7. The number of esters is 1. The predicted molar refractivity (Wildman–Crippen MR) is 84.4 cm³/mol. The molecule has 0 aromatic heterocycles. The van der Waals surface area contributed by atoms with Gasteiger partial charge >= 0.3 is 5.97 Å². The van der Waals surface area contributed by atoms with Crippen LogP contribution in [0.2, 0.25) is 0 Å². The van der Waals surface area contributed by atoms with Gasteiger partial charge in [0.25, 0.3) is 0 Å². The third-order valence-electron chi connectivity index (χ3n) is 4.41. The van der Waals surface area contributed by atoms with Gasteiger partial charge in [-0.05, 0) is 17.7 Å². The summed E-state index contributed by atoms with van der Waals surface area (Å²) >= 11 is 5.94. The van der Waals surface area contributed by atoms with Gasteiger partial charge in [0.2, 0.25) is 13.1 Å². The summed E-state index contributed by atoms with van der Waals surface area (Å²) in [5.74, 6) is 0.903. The Labute approximate surface area is 143 Å². The van der Waals surface area contributed by atoms with Crippen LogP contribution in [0, 0.1) is 0 Å². The Kier molecular flexibility index (Phi) is 3.99. The number of hydrogen-bond donors (Lipinski definition) is 1. The van der Waals surface area contributed by atoms with Gasteiger partial charge in [-0.25, -0.2) is 4.79 Å². The van der Waals surface area contributed by atoms with Gasteiger partial charge in [0.1, 0.15) is 5.70 Å². The second-order valence-electron chi connectivity index (χ2n) is 5.91. The molecule has 1 unspecified atom stereocenters. The van der Waals surface area contributed by atoms with Crippen LogP contribution in [-0.4, -0.2) is 60.1 Å². The molecule has 3 heterocycles. The lowest BCUT2D eigenvalue weighted by atomic mass is 10.1. The van der Waals surface area contributed by atoms with Crippen LogP contribution in [0.3, 0.4) is 0 Å². The number of fused-ring (bicyclic) bond motifs is 1. The first-order chi connectivity index (χ1) is 11.6. The van der Waals surface area contributed by atoms with Crippen LogP contribution in [0.5, 0.6) is 11.5 Å². The lowest BCUT2D eigenvalue weighted by Crippen LogP contribution is -2.46. The van der Waals surface area contributed by atoms with Gasteiger partial charge in [-0.15, -0.1) is 0 Å². The number of ether oxygens (including phenoxy) is 3. The van der Waals surface area contributed by atoms with Crippen LogP contribution in [0.25, 0.3) is 0 Å². The fourth-order valence-corrected chi connectivity index (χ4v) is 3.42. The van der Waals surface area contributed by atoms with E-state index in [9.17, 15) is 9.90 Å². The van der Waals surface area contributed by atoms with Crippen LogP contribution in [-0.2, 0) is 16.1 Å². The maximum Gasteiger partial charge on any atom is 0.354 e. The molecule has 3 aliphatic heterocycles. The Morgan fingerprint density at radius 2 is 1.92 bits per heavy atom. The Bertz CT molecular complexity index is 700. The molecule has 1 saturated heterocycles. The Morgan fingerprint density at radius 1 is 1.17 bits per heavy atom. The molecule has 1 aromatic rings. The highest BCUT2D eigenvalue weighted by Gasteiger charge is 2.36. The van der Waals surface area contributed by atoms with E-state index in [1.54, 1.807) is 0 Å². The second-order valence-corrected chi connectivity index (χ2v) is 6.29. The van der Waals surface area contributed by atoms with Crippen molar-refractivity contribution >= 4 is 17.6 Å². The number of nitrogens with zero attached hydrogens (tertiary/aromatic N) is 2. The molecule has 0 aliphatic carbocycles. The molecule has 128 valence electrons. The van der Waals surface area contributed by atoms with Crippen LogP contribution < -0.4 is 9.47 Å². The van der Waals surface area contributed by atoms with Gasteiger partial charge in [-0.3, -0.25) is 4.90 Å². The summed E-state index contributed by atoms with van der Waals surface area (Å²) in [6, 6.07) is 5.96. The van der Waals surface area contributed by atoms with E-state index in [4.69, 9.17) is 25.8 Å². The van der Waals surface area contributed by atoms with Crippen molar-refractivity contribution in [2.75, 3.05) is 33.0 Å². The third-order valence-corrected chi connectivity index (χ3v) is 4.76. The molecule has 1 N–H and O–H groups in total. The maximum atomic E-state index is 11.4. The number of aliphatic hydroxyl groups excluding tert-OH is 1. The van der Waals surface area contributed by atoms with E-state index in [1.807, 2.05) is 23.1 Å².